The number of carbonyl (C=O) groups is 1. The lowest BCUT2D eigenvalue weighted by Crippen LogP contribution is -1.96. The van der Waals surface area contributed by atoms with Gasteiger partial charge in [-0.1, -0.05) is 72.8 Å². The molecule has 1 heteroatoms. The number of rotatable bonds is 4. The van der Waals surface area contributed by atoms with E-state index in [4.69, 9.17) is 0 Å². The van der Waals surface area contributed by atoms with E-state index in [0.29, 0.717) is 5.56 Å². The first-order valence-corrected chi connectivity index (χ1v) is 5.52. The summed E-state index contributed by atoms with van der Waals surface area (Å²) in [6.07, 6.45) is 5.29. The zero-order chi connectivity index (χ0) is 11.9. The molecule has 83 valence electrons. The van der Waals surface area contributed by atoms with Gasteiger partial charge in [-0.05, 0) is 5.56 Å². The highest BCUT2D eigenvalue weighted by atomic mass is 16.1. The fourth-order valence-corrected chi connectivity index (χ4v) is 1.51. The Morgan fingerprint density at radius 1 is 0.824 bits per heavy atom. The van der Waals surface area contributed by atoms with Crippen molar-refractivity contribution in [2.45, 2.75) is 0 Å². The highest BCUT2D eigenvalue weighted by Crippen LogP contribution is 2.05. The molecule has 0 heterocycles. The molecule has 0 aromatic heterocycles. The van der Waals surface area contributed by atoms with Gasteiger partial charge in [-0.15, -0.1) is 0 Å². The van der Waals surface area contributed by atoms with Crippen molar-refractivity contribution in [3.63, 3.8) is 0 Å². The molecule has 0 amide bonds. The number of Topliss-reactive ketones (excluding diaryl/α,β-unsaturated/α-hetero) is 1. The Kier molecular flexibility index (Phi) is 3.87. The Balaban J connectivity index is 1.95. The van der Waals surface area contributed by atoms with E-state index in [1.54, 1.807) is 12.5 Å². The molecule has 2 aromatic carbocycles. The molecule has 2 rings (SSSR count). The monoisotopic (exact) mass is 221 g/mol. The highest BCUT2D eigenvalue weighted by Gasteiger charge is 2.01. The molecular weight excluding hydrogens is 208 g/mol. The van der Waals surface area contributed by atoms with Crippen LogP contribution >= 0.6 is 0 Å². The molecule has 0 aliphatic heterocycles. The van der Waals surface area contributed by atoms with Crippen molar-refractivity contribution in [3.8, 4) is 0 Å². The Bertz CT molecular complexity index is 498. The maximum Gasteiger partial charge on any atom is 0.170 e. The van der Waals surface area contributed by atoms with Gasteiger partial charge in [-0.25, -0.2) is 0 Å². The summed E-state index contributed by atoms with van der Waals surface area (Å²) >= 11 is 0. The summed E-state index contributed by atoms with van der Waals surface area (Å²) in [6.45, 7) is 0. The van der Waals surface area contributed by atoms with Crippen LogP contribution in [0.4, 0.5) is 0 Å². The first-order chi connectivity index (χ1) is 8.36. The molecule has 0 atom stereocenters. The summed E-state index contributed by atoms with van der Waals surface area (Å²) in [7, 11) is 0. The number of carbonyl (C=O) groups excluding carboxylic acids is 1. The summed E-state index contributed by atoms with van der Waals surface area (Å²) in [5.41, 5.74) is 1.80. The second kappa shape index (κ2) is 5.80. The largest absolute Gasteiger partial charge is 0.293 e. The van der Waals surface area contributed by atoms with E-state index in [-0.39, 0.29) is 5.78 Å². The van der Waals surface area contributed by atoms with E-state index < -0.39 is 0 Å². The smallest absolute Gasteiger partial charge is 0.170 e. The van der Waals surface area contributed by atoms with Crippen LogP contribution in [0.3, 0.4) is 0 Å². The molecule has 17 heavy (non-hydrogen) atoms. The number of allylic oxidation sites excluding steroid dienone is 1. The van der Waals surface area contributed by atoms with Crippen molar-refractivity contribution in [1.82, 2.24) is 0 Å². The first-order valence-electron chi connectivity index (χ1n) is 5.52. The molecular formula is C16H13O. The van der Waals surface area contributed by atoms with E-state index in [1.165, 1.54) is 0 Å². The van der Waals surface area contributed by atoms with Crippen LogP contribution in [-0.4, -0.2) is 5.78 Å². The molecule has 0 saturated carbocycles. The Hall–Kier alpha value is -2.15. The summed E-state index contributed by atoms with van der Waals surface area (Å²) in [4.78, 5) is 11.7. The van der Waals surface area contributed by atoms with Gasteiger partial charge < -0.3 is 0 Å². The molecule has 2 aromatic rings. The number of hydrogen-bond acceptors (Lipinski definition) is 1. The minimum absolute atomic E-state index is 0.0257. The summed E-state index contributed by atoms with van der Waals surface area (Å²) < 4.78 is 0. The van der Waals surface area contributed by atoms with Gasteiger partial charge in [-0.2, -0.15) is 0 Å². The van der Waals surface area contributed by atoms with Gasteiger partial charge >= 0.3 is 0 Å². The Labute approximate surface area is 101 Å². The molecule has 1 nitrogen and oxygen atoms in total. The molecule has 1 radical (unpaired) electrons. The normalized spacial score (nSPS) is 10.6. The van der Waals surface area contributed by atoms with Crippen molar-refractivity contribution < 1.29 is 4.79 Å². The Morgan fingerprint density at radius 2 is 1.41 bits per heavy atom. The van der Waals surface area contributed by atoms with Gasteiger partial charge in [0.15, 0.2) is 5.78 Å². The lowest BCUT2D eigenvalue weighted by molar-refractivity contribution is 0.103. The Morgan fingerprint density at radius 3 is 2.06 bits per heavy atom. The fraction of sp³-hybridized carbons (Fsp3) is 0. The topological polar surface area (TPSA) is 17.1 Å². The van der Waals surface area contributed by atoms with Crippen molar-refractivity contribution in [1.29, 1.82) is 0 Å². The van der Waals surface area contributed by atoms with Crippen molar-refractivity contribution in [3.05, 3.63) is 84.3 Å². The lowest BCUT2D eigenvalue weighted by Gasteiger charge is -1.96. The standard InChI is InChI=1S/C16H13O/c17-16(15-11-5-2-6-12-15)13-7-10-14-8-3-1-4-9-14/h1-13H. The maximum atomic E-state index is 11.7. The highest BCUT2D eigenvalue weighted by molar-refractivity contribution is 6.04. The van der Waals surface area contributed by atoms with Crippen molar-refractivity contribution in [2.24, 2.45) is 0 Å². The number of ketones is 1. The van der Waals surface area contributed by atoms with E-state index in [2.05, 4.69) is 0 Å². The summed E-state index contributed by atoms with van der Waals surface area (Å²) in [5.74, 6) is 0.0257. The van der Waals surface area contributed by atoms with Crippen LogP contribution in [0.5, 0.6) is 0 Å². The fourth-order valence-electron chi connectivity index (χ4n) is 1.51. The van der Waals surface area contributed by atoms with E-state index >= 15 is 0 Å². The van der Waals surface area contributed by atoms with Gasteiger partial charge in [0.05, 0.1) is 6.42 Å². The van der Waals surface area contributed by atoms with Crippen molar-refractivity contribution in [2.75, 3.05) is 0 Å². The van der Waals surface area contributed by atoms with Crippen molar-refractivity contribution >= 4 is 11.9 Å². The van der Waals surface area contributed by atoms with Gasteiger partial charge in [0, 0.05) is 5.56 Å². The van der Waals surface area contributed by atoms with Crippen LogP contribution in [0.1, 0.15) is 15.9 Å². The molecule has 0 aliphatic rings. The molecule has 0 fully saturated rings. The van der Waals surface area contributed by atoms with Crippen LogP contribution in [-0.2, 0) is 0 Å². The molecule has 0 spiro atoms. The third-order valence-electron chi connectivity index (χ3n) is 2.39. The molecule has 0 saturated heterocycles. The zero-order valence-corrected chi connectivity index (χ0v) is 9.41. The first kappa shape index (κ1) is 11.3. The predicted octanol–water partition coefficient (Wildman–Crippen LogP) is 3.79. The van der Waals surface area contributed by atoms with Gasteiger partial charge in [-0.3, -0.25) is 4.79 Å². The van der Waals surface area contributed by atoms with E-state index in [1.807, 2.05) is 66.7 Å². The second-order valence-corrected chi connectivity index (χ2v) is 3.67. The van der Waals surface area contributed by atoms with Gasteiger partial charge in [0.25, 0.3) is 0 Å². The lowest BCUT2D eigenvalue weighted by atomic mass is 10.1. The minimum Gasteiger partial charge on any atom is -0.293 e. The molecule has 0 unspecified atom stereocenters. The average Bonchev–Trinajstić information content (AvgIpc) is 2.41. The average molecular weight is 221 g/mol. The van der Waals surface area contributed by atoms with Crippen LogP contribution in [0, 0.1) is 6.42 Å². The van der Waals surface area contributed by atoms with E-state index in [0.717, 1.165) is 5.56 Å². The van der Waals surface area contributed by atoms with Gasteiger partial charge in [0.1, 0.15) is 0 Å². The third kappa shape index (κ3) is 3.42. The number of benzene rings is 2. The van der Waals surface area contributed by atoms with Crippen LogP contribution < -0.4 is 0 Å². The molecule has 0 bridgehead atoms. The van der Waals surface area contributed by atoms with Gasteiger partial charge in [0.2, 0.25) is 0 Å². The minimum atomic E-state index is 0.0257. The van der Waals surface area contributed by atoms with Crippen LogP contribution in [0.2, 0.25) is 0 Å². The quantitative estimate of drug-likeness (QED) is 0.718. The van der Waals surface area contributed by atoms with E-state index in [9.17, 15) is 4.79 Å². The van der Waals surface area contributed by atoms with Crippen LogP contribution in [0.15, 0.2) is 66.7 Å². The SMILES string of the molecule is O=C([CH]C=Cc1ccccc1)c1ccccc1. The third-order valence-corrected chi connectivity index (χ3v) is 2.39. The predicted molar refractivity (Wildman–Crippen MR) is 70.5 cm³/mol. The summed E-state index contributed by atoms with van der Waals surface area (Å²) in [5, 5.41) is 0. The molecule has 0 aliphatic carbocycles. The summed E-state index contributed by atoms with van der Waals surface area (Å²) in [6, 6.07) is 19.2. The second-order valence-electron chi connectivity index (χ2n) is 3.67. The number of hydrogen-bond donors (Lipinski definition) is 0. The molecule has 0 N–H and O–H groups in total. The maximum absolute atomic E-state index is 11.7. The van der Waals surface area contributed by atoms with Crippen LogP contribution in [0.25, 0.3) is 6.08 Å². The zero-order valence-electron chi connectivity index (χ0n) is 9.41.